The molecule has 188 valence electrons. The summed E-state index contributed by atoms with van der Waals surface area (Å²) in [6.07, 6.45) is 4.17. The van der Waals surface area contributed by atoms with Gasteiger partial charge in [-0.3, -0.25) is 24.4 Å². The molecule has 2 atom stereocenters. The van der Waals surface area contributed by atoms with Crippen molar-refractivity contribution < 1.29 is 18.7 Å². The van der Waals surface area contributed by atoms with Gasteiger partial charge in [0.05, 0.1) is 16.8 Å². The van der Waals surface area contributed by atoms with Gasteiger partial charge in [0.2, 0.25) is 11.8 Å². The summed E-state index contributed by atoms with van der Waals surface area (Å²) >= 11 is 7.98. The standard InChI is InChI=1S/C27H27ClFN3O3S/c1-15-9-16(28)10-20(26(15)35-23-14-31(13-21(23)29)17-3-2-4-17)19-7-8-30-22-11-18(36-27(19)22)12-32-24(33)5-6-25(32)34/h7-11,17,21,23H,2-6,12-14H2,1H3/t21-,23+/m0/s1. The lowest BCUT2D eigenvalue weighted by molar-refractivity contribution is -0.138. The first-order valence-corrected chi connectivity index (χ1v) is 13.6. The summed E-state index contributed by atoms with van der Waals surface area (Å²) in [4.78, 5) is 33.2. The van der Waals surface area contributed by atoms with Crippen LogP contribution in [0.1, 0.15) is 42.5 Å². The van der Waals surface area contributed by atoms with Crippen molar-refractivity contribution in [2.45, 2.75) is 63.9 Å². The maximum absolute atomic E-state index is 15.0. The van der Waals surface area contributed by atoms with Gasteiger partial charge in [0, 0.05) is 59.2 Å². The minimum atomic E-state index is -1.05. The molecule has 0 radical (unpaired) electrons. The molecular weight excluding hydrogens is 501 g/mol. The van der Waals surface area contributed by atoms with Gasteiger partial charge in [-0.15, -0.1) is 11.3 Å². The molecule has 0 bridgehead atoms. The third kappa shape index (κ3) is 4.29. The molecule has 9 heteroatoms. The normalized spacial score (nSPS) is 23.1. The number of aryl methyl sites for hydroxylation is 1. The second kappa shape index (κ2) is 9.39. The van der Waals surface area contributed by atoms with Crippen molar-refractivity contribution in [1.82, 2.24) is 14.8 Å². The van der Waals surface area contributed by atoms with Crippen molar-refractivity contribution in [2.24, 2.45) is 0 Å². The fourth-order valence-electron chi connectivity index (χ4n) is 5.39. The molecule has 0 spiro atoms. The highest BCUT2D eigenvalue weighted by Crippen LogP contribution is 2.43. The van der Waals surface area contributed by atoms with Gasteiger partial charge < -0.3 is 4.74 Å². The van der Waals surface area contributed by atoms with Crippen LogP contribution in [-0.2, 0) is 16.1 Å². The van der Waals surface area contributed by atoms with Crippen molar-refractivity contribution in [2.75, 3.05) is 13.1 Å². The molecule has 2 amide bonds. The van der Waals surface area contributed by atoms with Crippen LogP contribution >= 0.6 is 22.9 Å². The predicted molar refractivity (Wildman–Crippen MR) is 138 cm³/mol. The van der Waals surface area contributed by atoms with Crippen LogP contribution in [0.2, 0.25) is 5.02 Å². The molecule has 3 fully saturated rings. The number of hydrogen-bond acceptors (Lipinski definition) is 6. The third-order valence-electron chi connectivity index (χ3n) is 7.55. The summed E-state index contributed by atoms with van der Waals surface area (Å²) in [7, 11) is 0. The van der Waals surface area contributed by atoms with Crippen LogP contribution in [0, 0.1) is 6.92 Å². The van der Waals surface area contributed by atoms with Gasteiger partial charge in [0.25, 0.3) is 0 Å². The quantitative estimate of drug-likeness (QED) is 0.395. The highest BCUT2D eigenvalue weighted by atomic mass is 35.5. The lowest BCUT2D eigenvalue weighted by Gasteiger charge is -2.34. The van der Waals surface area contributed by atoms with Crippen molar-refractivity contribution in [1.29, 1.82) is 0 Å². The number of carbonyl (C=O) groups is 2. The largest absolute Gasteiger partial charge is 0.485 e. The second-order valence-electron chi connectivity index (χ2n) is 9.97. The Kier molecular flexibility index (Phi) is 6.22. The molecule has 1 aromatic carbocycles. The average Bonchev–Trinajstić information content (AvgIpc) is 3.47. The molecule has 3 aliphatic rings. The minimum Gasteiger partial charge on any atom is -0.485 e. The Bertz CT molecular complexity index is 1340. The van der Waals surface area contributed by atoms with E-state index in [0.717, 1.165) is 44.6 Å². The van der Waals surface area contributed by atoms with Crippen molar-refractivity contribution in [3.05, 3.63) is 45.9 Å². The first kappa shape index (κ1) is 23.8. The van der Waals surface area contributed by atoms with Crippen LogP contribution in [0.3, 0.4) is 0 Å². The summed E-state index contributed by atoms with van der Waals surface area (Å²) in [5, 5.41) is 0.573. The number of nitrogens with zero attached hydrogens (tertiary/aromatic N) is 3. The van der Waals surface area contributed by atoms with Crippen molar-refractivity contribution >= 4 is 45.0 Å². The Hall–Kier alpha value is -2.55. The smallest absolute Gasteiger partial charge is 0.230 e. The highest BCUT2D eigenvalue weighted by Gasteiger charge is 2.40. The number of halogens is 2. The Morgan fingerprint density at radius 2 is 1.92 bits per heavy atom. The predicted octanol–water partition coefficient (Wildman–Crippen LogP) is 5.53. The number of rotatable bonds is 6. The molecule has 6 nitrogen and oxygen atoms in total. The van der Waals surface area contributed by atoms with Gasteiger partial charge in [-0.25, -0.2) is 4.39 Å². The summed E-state index contributed by atoms with van der Waals surface area (Å²) < 4.78 is 22.4. The van der Waals surface area contributed by atoms with E-state index in [2.05, 4.69) is 9.88 Å². The Morgan fingerprint density at radius 1 is 1.14 bits per heavy atom. The molecule has 0 N–H and O–H groups in total. The molecule has 6 rings (SSSR count). The van der Waals surface area contributed by atoms with E-state index in [0.29, 0.717) is 29.9 Å². The van der Waals surface area contributed by atoms with Gasteiger partial charge >= 0.3 is 0 Å². The monoisotopic (exact) mass is 527 g/mol. The van der Waals surface area contributed by atoms with Crippen molar-refractivity contribution in [3.63, 3.8) is 0 Å². The number of likely N-dealkylation sites (tertiary alicyclic amines) is 2. The van der Waals surface area contributed by atoms with E-state index in [1.807, 2.05) is 31.2 Å². The number of thiophene rings is 1. The molecule has 2 aromatic heterocycles. The van der Waals surface area contributed by atoms with Crippen LogP contribution in [0.4, 0.5) is 4.39 Å². The van der Waals surface area contributed by atoms with Gasteiger partial charge in [-0.1, -0.05) is 18.0 Å². The second-order valence-corrected chi connectivity index (χ2v) is 11.5. The molecule has 1 saturated carbocycles. The number of amides is 2. The molecule has 2 aliphatic heterocycles. The molecular formula is C27H27ClFN3O3S. The van der Waals surface area contributed by atoms with E-state index in [1.165, 1.54) is 22.7 Å². The number of alkyl halides is 1. The lowest BCUT2D eigenvalue weighted by atomic mass is 9.92. The molecule has 3 aromatic rings. The number of fused-ring (bicyclic) bond motifs is 1. The fraction of sp³-hybridized carbons (Fsp3) is 0.444. The van der Waals surface area contributed by atoms with Gasteiger partial charge in [-0.05, 0) is 49.6 Å². The Morgan fingerprint density at radius 3 is 2.64 bits per heavy atom. The van der Waals surface area contributed by atoms with Crippen LogP contribution in [0.5, 0.6) is 5.75 Å². The van der Waals surface area contributed by atoms with Crippen molar-refractivity contribution in [3.8, 4) is 16.9 Å². The van der Waals surface area contributed by atoms with E-state index in [9.17, 15) is 9.59 Å². The molecule has 0 unspecified atom stereocenters. The molecule has 1 aliphatic carbocycles. The third-order valence-corrected chi connectivity index (χ3v) is 8.91. The van der Waals surface area contributed by atoms with E-state index >= 15 is 4.39 Å². The first-order chi connectivity index (χ1) is 17.4. The summed E-state index contributed by atoms with van der Waals surface area (Å²) in [5.41, 5.74) is 3.31. The maximum Gasteiger partial charge on any atom is 0.230 e. The summed E-state index contributed by atoms with van der Waals surface area (Å²) in [6, 6.07) is 8.01. The number of carbonyl (C=O) groups excluding carboxylic acids is 2. The highest BCUT2D eigenvalue weighted by molar-refractivity contribution is 7.19. The zero-order chi connectivity index (χ0) is 25.0. The van der Waals surface area contributed by atoms with Crippen LogP contribution in [0.25, 0.3) is 21.3 Å². The van der Waals surface area contributed by atoms with Crippen LogP contribution in [0.15, 0.2) is 30.5 Å². The lowest BCUT2D eigenvalue weighted by Crippen LogP contribution is -2.39. The zero-order valence-electron chi connectivity index (χ0n) is 20.0. The van der Waals surface area contributed by atoms with E-state index < -0.39 is 12.3 Å². The number of imide groups is 1. The van der Waals surface area contributed by atoms with Crippen LogP contribution in [-0.4, -0.2) is 58.0 Å². The number of pyridine rings is 1. The molecule has 36 heavy (non-hydrogen) atoms. The van der Waals surface area contributed by atoms with Gasteiger partial charge in [0.15, 0.2) is 6.17 Å². The van der Waals surface area contributed by atoms with Gasteiger partial charge in [0.1, 0.15) is 11.9 Å². The summed E-state index contributed by atoms with van der Waals surface area (Å²) in [5.74, 6) is 0.356. The average molecular weight is 528 g/mol. The number of ether oxygens (including phenoxy) is 1. The van der Waals surface area contributed by atoms with E-state index in [4.69, 9.17) is 16.3 Å². The topological polar surface area (TPSA) is 62.7 Å². The van der Waals surface area contributed by atoms with Gasteiger partial charge in [-0.2, -0.15) is 0 Å². The number of hydrogen-bond donors (Lipinski definition) is 0. The van der Waals surface area contributed by atoms with Crippen LogP contribution < -0.4 is 4.74 Å². The zero-order valence-corrected chi connectivity index (χ0v) is 21.6. The first-order valence-electron chi connectivity index (χ1n) is 12.4. The van der Waals surface area contributed by atoms with E-state index in [-0.39, 0.29) is 31.2 Å². The summed E-state index contributed by atoms with van der Waals surface area (Å²) in [6.45, 7) is 3.18. The fourth-order valence-corrected chi connectivity index (χ4v) is 6.80. The van der Waals surface area contributed by atoms with E-state index in [1.54, 1.807) is 6.20 Å². The number of benzene rings is 1. The Balaban J connectivity index is 1.34. The Labute approximate surface area is 218 Å². The molecule has 2 saturated heterocycles. The molecule has 4 heterocycles. The minimum absolute atomic E-state index is 0.139. The number of aromatic nitrogens is 1. The SMILES string of the molecule is Cc1cc(Cl)cc(-c2ccnc3cc(CN4C(=O)CCC4=O)sc23)c1O[C@@H]1CN(C2CCC2)C[C@@H]1F. The maximum atomic E-state index is 15.0.